The van der Waals surface area contributed by atoms with Crippen molar-refractivity contribution in [1.82, 2.24) is 5.32 Å². The molecule has 0 bridgehead atoms. The maximum absolute atomic E-state index is 10.3. The molecule has 0 spiro atoms. The van der Waals surface area contributed by atoms with Crippen LogP contribution in [0, 0.1) is 0 Å². The molecule has 1 amide bonds. The van der Waals surface area contributed by atoms with Crippen molar-refractivity contribution < 1.29 is 9.53 Å². The van der Waals surface area contributed by atoms with E-state index in [0.717, 1.165) is 19.4 Å². The van der Waals surface area contributed by atoms with Gasteiger partial charge in [0.1, 0.15) is 0 Å². The Kier molecular flexibility index (Phi) is 3.02. The van der Waals surface area contributed by atoms with E-state index in [0.29, 0.717) is 6.54 Å². The lowest BCUT2D eigenvalue weighted by Gasteiger charge is -2.07. The van der Waals surface area contributed by atoms with Gasteiger partial charge in [-0.05, 0) is 12.8 Å². The molecule has 1 unspecified atom stereocenters. The van der Waals surface area contributed by atoms with Crippen molar-refractivity contribution in [2.45, 2.75) is 18.9 Å². The summed E-state index contributed by atoms with van der Waals surface area (Å²) in [6, 6.07) is 0. The quantitative estimate of drug-likeness (QED) is 0.588. The molecule has 0 aromatic heterocycles. The van der Waals surface area contributed by atoms with Crippen LogP contribution in [0.15, 0.2) is 0 Å². The highest BCUT2D eigenvalue weighted by Crippen LogP contribution is 2.10. The first kappa shape index (κ1) is 7.88. The third kappa shape index (κ3) is 2.58. The molecular formula is C6H11NO2S. The van der Waals surface area contributed by atoms with Gasteiger partial charge in [0.15, 0.2) is 0 Å². The molecule has 1 N–H and O–H groups in total. The van der Waals surface area contributed by atoms with Crippen molar-refractivity contribution in [3.8, 4) is 0 Å². The molecule has 1 saturated heterocycles. The Bertz CT molecular complexity index is 123. The van der Waals surface area contributed by atoms with Crippen LogP contribution in [0.1, 0.15) is 12.8 Å². The predicted octanol–water partition coefficient (Wildman–Crippen LogP) is 0.805. The van der Waals surface area contributed by atoms with Gasteiger partial charge in [-0.15, -0.1) is 0 Å². The summed E-state index contributed by atoms with van der Waals surface area (Å²) in [5.74, 6) is 0. The highest BCUT2D eigenvalue weighted by atomic mass is 32.1. The number of hydrogen-bond acceptors (Lipinski definition) is 2. The molecule has 0 saturated carbocycles. The van der Waals surface area contributed by atoms with E-state index in [1.165, 1.54) is 0 Å². The standard InChI is InChI=1S/C6H11NO2S/c8-6(10)7-4-5-2-1-3-9-5/h5H,1-4H2,(H2,7,8,10). The predicted molar refractivity (Wildman–Crippen MR) is 41.4 cm³/mol. The van der Waals surface area contributed by atoms with E-state index in [4.69, 9.17) is 4.74 Å². The van der Waals surface area contributed by atoms with Crippen molar-refractivity contribution in [3.63, 3.8) is 0 Å². The highest BCUT2D eigenvalue weighted by molar-refractivity contribution is 7.96. The molecule has 1 atom stereocenters. The van der Waals surface area contributed by atoms with Crippen LogP contribution in [0.2, 0.25) is 0 Å². The van der Waals surface area contributed by atoms with Gasteiger partial charge in [0, 0.05) is 13.2 Å². The van der Waals surface area contributed by atoms with Crippen LogP contribution in [0.25, 0.3) is 0 Å². The third-order valence-corrected chi connectivity index (χ3v) is 1.66. The fraction of sp³-hybridized carbons (Fsp3) is 0.833. The molecule has 0 aromatic carbocycles. The Morgan fingerprint density at radius 2 is 2.60 bits per heavy atom. The highest BCUT2D eigenvalue weighted by Gasteiger charge is 2.14. The molecule has 1 aliphatic heterocycles. The summed E-state index contributed by atoms with van der Waals surface area (Å²) in [5, 5.41) is 2.31. The number of carbonyl (C=O) groups excluding carboxylic acids is 1. The molecule has 3 nitrogen and oxygen atoms in total. The monoisotopic (exact) mass is 161 g/mol. The first-order valence-corrected chi connectivity index (χ1v) is 3.82. The van der Waals surface area contributed by atoms with Crippen LogP contribution >= 0.6 is 12.6 Å². The molecule has 1 heterocycles. The summed E-state index contributed by atoms with van der Waals surface area (Å²) in [6.45, 7) is 1.43. The van der Waals surface area contributed by atoms with Crippen molar-refractivity contribution in [3.05, 3.63) is 0 Å². The van der Waals surface area contributed by atoms with Crippen LogP contribution < -0.4 is 5.32 Å². The molecule has 0 aliphatic carbocycles. The van der Waals surface area contributed by atoms with E-state index in [9.17, 15) is 4.79 Å². The first-order valence-electron chi connectivity index (χ1n) is 3.37. The van der Waals surface area contributed by atoms with E-state index in [1.807, 2.05) is 0 Å². The zero-order valence-corrected chi connectivity index (χ0v) is 6.56. The van der Waals surface area contributed by atoms with Crippen molar-refractivity contribution in [2.75, 3.05) is 13.2 Å². The van der Waals surface area contributed by atoms with E-state index >= 15 is 0 Å². The second kappa shape index (κ2) is 3.83. The lowest BCUT2D eigenvalue weighted by molar-refractivity contribution is 0.112. The third-order valence-electron chi connectivity index (χ3n) is 1.50. The number of carbonyl (C=O) groups is 1. The Morgan fingerprint density at radius 3 is 3.10 bits per heavy atom. The van der Waals surface area contributed by atoms with Crippen molar-refractivity contribution in [1.29, 1.82) is 0 Å². The van der Waals surface area contributed by atoms with Gasteiger partial charge >= 0.3 is 0 Å². The minimum absolute atomic E-state index is 0.219. The molecule has 10 heavy (non-hydrogen) atoms. The Hall–Kier alpha value is -0.220. The average Bonchev–Trinajstić information content (AvgIpc) is 2.34. The van der Waals surface area contributed by atoms with E-state index < -0.39 is 0 Å². The van der Waals surface area contributed by atoms with Gasteiger partial charge in [-0.1, -0.05) is 12.6 Å². The normalized spacial score (nSPS) is 24.7. The lowest BCUT2D eigenvalue weighted by Crippen LogP contribution is -2.27. The zero-order valence-electron chi connectivity index (χ0n) is 5.67. The molecular weight excluding hydrogens is 150 g/mol. The maximum atomic E-state index is 10.3. The number of nitrogens with one attached hydrogen (secondary N) is 1. The summed E-state index contributed by atoms with van der Waals surface area (Å²) in [5.41, 5.74) is 0. The van der Waals surface area contributed by atoms with Crippen LogP contribution in [0.3, 0.4) is 0 Å². The van der Waals surface area contributed by atoms with Crippen molar-refractivity contribution >= 4 is 17.9 Å². The number of hydrogen-bond donors (Lipinski definition) is 2. The Morgan fingerprint density at radius 1 is 1.80 bits per heavy atom. The fourth-order valence-corrected chi connectivity index (χ4v) is 1.10. The van der Waals surface area contributed by atoms with Crippen LogP contribution in [-0.2, 0) is 4.74 Å². The molecule has 1 aliphatic rings. The molecule has 1 fully saturated rings. The summed E-state index contributed by atoms with van der Waals surface area (Å²) in [6.07, 6.45) is 2.37. The molecule has 58 valence electrons. The van der Waals surface area contributed by atoms with Gasteiger partial charge in [0.25, 0.3) is 5.24 Å². The number of ether oxygens (including phenoxy) is 1. The number of amides is 1. The summed E-state index contributed by atoms with van der Waals surface area (Å²) in [7, 11) is 0. The summed E-state index contributed by atoms with van der Waals surface area (Å²) in [4.78, 5) is 10.3. The molecule has 0 aromatic rings. The van der Waals surface area contributed by atoms with Crippen LogP contribution in [0.5, 0.6) is 0 Å². The molecule has 4 heteroatoms. The van der Waals surface area contributed by atoms with E-state index in [-0.39, 0.29) is 11.3 Å². The van der Waals surface area contributed by atoms with Gasteiger partial charge in [-0.25, -0.2) is 0 Å². The van der Waals surface area contributed by atoms with Gasteiger partial charge in [0.2, 0.25) is 0 Å². The zero-order chi connectivity index (χ0) is 7.40. The first-order chi connectivity index (χ1) is 4.79. The maximum Gasteiger partial charge on any atom is 0.276 e. The SMILES string of the molecule is O=C(S)NCC1CCCO1. The van der Waals surface area contributed by atoms with Crippen LogP contribution in [0.4, 0.5) is 4.79 Å². The van der Waals surface area contributed by atoms with Gasteiger partial charge in [-0.3, -0.25) is 4.79 Å². The minimum atomic E-state index is -0.282. The number of thiol groups is 1. The topological polar surface area (TPSA) is 38.3 Å². The Labute approximate surface area is 65.5 Å². The molecule has 0 radical (unpaired) electrons. The van der Waals surface area contributed by atoms with Crippen molar-refractivity contribution in [2.24, 2.45) is 0 Å². The van der Waals surface area contributed by atoms with Crippen LogP contribution in [-0.4, -0.2) is 24.5 Å². The average molecular weight is 161 g/mol. The smallest absolute Gasteiger partial charge is 0.276 e. The van der Waals surface area contributed by atoms with Gasteiger partial charge in [0.05, 0.1) is 6.10 Å². The van der Waals surface area contributed by atoms with Gasteiger partial charge in [-0.2, -0.15) is 0 Å². The second-order valence-electron chi connectivity index (χ2n) is 2.32. The van der Waals surface area contributed by atoms with Gasteiger partial charge < -0.3 is 10.1 Å². The van der Waals surface area contributed by atoms with E-state index in [1.54, 1.807) is 0 Å². The number of rotatable bonds is 2. The summed E-state index contributed by atoms with van der Waals surface area (Å²) >= 11 is 3.57. The second-order valence-corrected chi connectivity index (χ2v) is 2.73. The minimum Gasteiger partial charge on any atom is -0.376 e. The molecule has 1 rings (SSSR count). The fourth-order valence-electron chi connectivity index (χ4n) is 1.01. The lowest BCUT2D eigenvalue weighted by atomic mass is 10.2. The van der Waals surface area contributed by atoms with E-state index in [2.05, 4.69) is 17.9 Å². The summed E-state index contributed by atoms with van der Waals surface area (Å²) < 4.78 is 5.25. The Balaban J connectivity index is 2.07. The largest absolute Gasteiger partial charge is 0.376 e.